The summed E-state index contributed by atoms with van der Waals surface area (Å²) < 4.78 is 12.1. The number of ether oxygens (including phenoxy) is 2. The minimum Gasteiger partial charge on any atom is -0.454 e. The lowest BCUT2D eigenvalue weighted by Gasteiger charge is -2.03. The third-order valence-electron chi connectivity index (χ3n) is 2.77. The number of aryl methyl sites for hydroxylation is 1. The van der Waals surface area contributed by atoms with Crippen LogP contribution in [0.5, 0.6) is 11.5 Å². The van der Waals surface area contributed by atoms with Crippen LogP contribution in [0.1, 0.15) is 16.1 Å². The van der Waals surface area contributed by atoms with Crippen molar-refractivity contribution in [3.63, 3.8) is 0 Å². The summed E-state index contributed by atoms with van der Waals surface area (Å²) >= 11 is 0. The lowest BCUT2D eigenvalue weighted by atomic mass is 10.1. The van der Waals surface area contributed by atoms with Gasteiger partial charge in [-0.05, 0) is 31.2 Å². The zero-order valence-electron chi connectivity index (χ0n) is 9.92. The van der Waals surface area contributed by atoms with Gasteiger partial charge in [-0.1, -0.05) is 0 Å². The van der Waals surface area contributed by atoms with Gasteiger partial charge < -0.3 is 9.47 Å². The van der Waals surface area contributed by atoms with Crippen LogP contribution >= 0.6 is 0 Å². The number of fused-ring (bicyclic) bond motifs is 1. The maximum atomic E-state index is 12.1. The van der Waals surface area contributed by atoms with E-state index in [1.165, 1.54) is 0 Å². The Morgan fingerprint density at radius 2 is 2.17 bits per heavy atom. The number of Topliss-reactive ketones (excluding diaryl/α,β-unsaturated/α-hetero) is 1. The van der Waals surface area contributed by atoms with Gasteiger partial charge in [-0.2, -0.15) is 5.10 Å². The molecule has 0 fully saturated rings. The van der Waals surface area contributed by atoms with E-state index in [1.807, 2.05) is 13.0 Å². The molecule has 0 unspecified atom stereocenters. The maximum Gasteiger partial charge on any atom is 0.231 e. The van der Waals surface area contributed by atoms with Gasteiger partial charge in [-0.15, -0.1) is 0 Å². The SMILES string of the molecule is Cc1ccn(CC(=O)c2ccc3c(c2)OCO3)n1. The number of hydrogen-bond acceptors (Lipinski definition) is 4. The first-order valence-electron chi connectivity index (χ1n) is 5.65. The summed E-state index contributed by atoms with van der Waals surface area (Å²) in [6.45, 7) is 2.33. The summed E-state index contributed by atoms with van der Waals surface area (Å²) in [6.07, 6.45) is 1.79. The summed E-state index contributed by atoms with van der Waals surface area (Å²) in [5.74, 6) is 1.30. The molecule has 1 aliphatic rings. The van der Waals surface area contributed by atoms with E-state index in [9.17, 15) is 4.79 Å². The Morgan fingerprint density at radius 3 is 2.94 bits per heavy atom. The van der Waals surface area contributed by atoms with Gasteiger partial charge in [-0.25, -0.2) is 0 Å². The Bertz CT molecular complexity index is 604. The number of benzene rings is 1. The van der Waals surface area contributed by atoms with Crippen LogP contribution in [0.25, 0.3) is 0 Å². The van der Waals surface area contributed by atoms with Crippen molar-refractivity contribution < 1.29 is 14.3 Å². The number of nitrogens with zero attached hydrogens (tertiary/aromatic N) is 2. The molecule has 1 aromatic heterocycles. The highest BCUT2D eigenvalue weighted by molar-refractivity contribution is 5.96. The second kappa shape index (κ2) is 4.18. The molecule has 0 amide bonds. The lowest BCUT2D eigenvalue weighted by molar-refractivity contribution is 0.0967. The van der Waals surface area contributed by atoms with E-state index in [-0.39, 0.29) is 19.1 Å². The molecule has 18 heavy (non-hydrogen) atoms. The average molecular weight is 244 g/mol. The summed E-state index contributed by atoms with van der Waals surface area (Å²) in [4.78, 5) is 12.1. The largest absolute Gasteiger partial charge is 0.454 e. The van der Waals surface area contributed by atoms with Crippen LogP contribution in [0.4, 0.5) is 0 Å². The molecule has 92 valence electrons. The fourth-order valence-electron chi connectivity index (χ4n) is 1.86. The Balaban J connectivity index is 1.80. The minimum absolute atomic E-state index is 0.00333. The molecule has 2 heterocycles. The quantitative estimate of drug-likeness (QED) is 0.772. The van der Waals surface area contributed by atoms with Crippen molar-refractivity contribution in [2.75, 3.05) is 6.79 Å². The molecule has 2 aromatic rings. The van der Waals surface area contributed by atoms with Crippen LogP contribution < -0.4 is 9.47 Å². The minimum atomic E-state index is -0.00333. The number of ketones is 1. The topological polar surface area (TPSA) is 53.4 Å². The standard InChI is InChI=1S/C13H12N2O3/c1-9-4-5-15(14-9)7-11(16)10-2-3-12-13(6-10)18-8-17-12/h2-6H,7-8H2,1H3. The fraction of sp³-hybridized carbons (Fsp3) is 0.231. The van der Waals surface area contributed by atoms with Gasteiger partial charge in [0.2, 0.25) is 6.79 Å². The van der Waals surface area contributed by atoms with Gasteiger partial charge in [0, 0.05) is 11.8 Å². The molecule has 0 bridgehead atoms. The Hall–Kier alpha value is -2.30. The molecular formula is C13H12N2O3. The molecule has 5 heteroatoms. The van der Waals surface area contributed by atoms with Gasteiger partial charge in [-0.3, -0.25) is 9.48 Å². The number of carbonyl (C=O) groups is 1. The molecular weight excluding hydrogens is 232 g/mol. The second-order valence-electron chi connectivity index (χ2n) is 4.15. The fourth-order valence-corrected chi connectivity index (χ4v) is 1.86. The van der Waals surface area contributed by atoms with E-state index in [4.69, 9.17) is 9.47 Å². The molecule has 0 spiro atoms. The first kappa shape index (κ1) is 10.8. The van der Waals surface area contributed by atoms with Crippen molar-refractivity contribution in [2.45, 2.75) is 13.5 Å². The van der Waals surface area contributed by atoms with Crippen LogP contribution in [0.2, 0.25) is 0 Å². The Morgan fingerprint density at radius 1 is 1.33 bits per heavy atom. The molecule has 0 N–H and O–H groups in total. The van der Waals surface area contributed by atoms with Gasteiger partial charge in [0.25, 0.3) is 0 Å². The second-order valence-corrected chi connectivity index (χ2v) is 4.15. The van der Waals surface area contributed by atoms with Crippen LogP contribution in [-0.2, 0) is 6.54 Å². The Labute approximate surface area is 104 Å². The zero-order valence-corrected chi connectivity index (χ0v) is 9.92. The van der Waals surface area contributed by atoms with Gasteiger partial charge >= 0.3 is 0 Å². The van der Waals surface area contributed by atoms with E-state index < -0.39 is 0 Å². The predicted molar refractivity (Wildman–Crippen MR) is 63.9 cm³/mol. The van der Waals surface area contributed by atoms with E-state index in [1.54, 1.807) is 29.1 Å². The number of aromatic nitrogens is 2. The summed E-state index contributed by atoms with van der Waals surface area (Å²) in [6, 6.07) is 7.07. The summed E-state index contributed by atoms with van der Waals surface area (Å²) in [5.41, 5.74) is 1.50. The van der Waals surface area contributed by atoms with Crippen LogP contribution in [0.3, 0.4) is 0 Å². The van der Waals surface area contributed by atoms with Crippen LogP contribution in [0.15, 0.2) is 30.5 Å². The van der Waals surface area contributed by atoms with Gasteiger partial charge in [0.05, 0.1) is 5.69 Å². The van der Waals surface area contributed by atoms with Crippen LogP contribution in [0, 0.1) is 6.92 Å². The highest BCUT2D eigenvalue weighted by Crippen LogP contribution is 2.32. The van der Waals surface area contributed by atoms with E-state index in [0.717, 1.165) is 5.69 Å². The zero-order chi connectivity index (χ0) is 12.5. The first-order chi connectivity index (χ1) is 8.72. The third kappa shape index (κ3) is 1.95. The highest BCUT2D eigenvalue weighted by atomic mass is 16.7. The van der Waals surface area contributed by atoms with E-state index in [0.29, 0.717) is 17.1 Å². The molecule has 3 rings (SSSR count). The molecule has 1 aromatic carbocycles. The number of carbonyl (C=O) groups excluding carboxylic acids is 1. The number of rotatable bonds is 3. The van der Waals surface area contributed by atoms with Crippen molar-refractivity contribution in [2.24, 2.45) is 0 Å². The van der Waals surface area contributed by atoms with Crippen molar-refractivity contribution in [3.05, 3.63) is 41.7 Å². The predicted octanol–water partition coefficient (Wildman–Crippen LogP) is 1.80. The molecule has 5 nitrogen and oxygen atoms in total. The number of hydrogen-bond donors (Lipinski definition) is 0. The average Bonchev–Trinajstić information content (AvgIpc) is 2.96. The van der Waals surface area contributed by atoms with Gasteiger partial charge in [0.1, 0.15) is 6.54 Å². The van der Waals surface area contributed by atoms with Crippen LogP contribution in [-0.4, -0.2) is 22.4 Å². The van der Waals surface area contributed by atoms with Crippen molar-refractivity contribution in [3.8, 4) is 11.5 Å². The molecule has 0 saturated heterocycles. The molecule has 1 aliphatic heterocycles. The third-order valence-corrected chi connectivity index (χ3v) is 2.77. The molecule has 0 atom stereocenters. The first-order valence-corrected chi connectivity index (χ1v) is 5.65. The molecule has 0 saturated carbocycles. The highest BCUT2D eigenvalue weighted by Gasteiger charge is 2.16. The van der Waals surface area contributed by atoms with Gasteiger partial charge in [0.15, 0.2) is 17.3 Å². The lowest BCUT2D eigenvalue weighted by Crippen LogP contribution is -2.10. The summed E-state index contributed by atoms with van der Waals surface area (Å²) in [7, 11) is 0. The normalized spacial score (nSPS) is 12.7. The van der Waals surface area contributed by atoms with Crippen molar-refractivity contribution >= 4 is 5.78 Å². The summed E-state index contributed by atoms with van der Waals surface area (Å²) in [5, 5.41) is 4.19. The van der Waals surface area contributed by atoms with E-state index >= 15 is 0 Å². The maximum absolute atomic E-state index is 12.1. The van der Waals surface area contributed by atoms with Crippen molar-refractivity contribution in [1.29, 1.82) is 0 Å². The monoisotopic (exact) mass is 244 g/mol. The molecule has 0 aliphatic carbocycles. The van der Waals surface area contributed by atoms with E-state index in [2.05, 4.69) is 5.10 Å². The smallest absolute Gasteiger partial charge is 0.231 e. The molecule has 0 radical (unpaired) electrons. The Kier molecular flexibility index (Phi) is 2.51. The van der Waals surface area contributed by atoms with Crippen molar-refractivity contribution in [1.82, 2.24) is 9.78 Å².